The van der Waals surface area contributed by atoms with Crippen LogP contribution < -0.4 is 0 Å². The van der Waals surface area contributed by atoms with Gasteiger partial charge >= 0.3 is 12.1 Å². The molecule has 0 radical (unpaired) electrons. The van der Waals surface area contributed by atoms with Crippen molar-refractivity contribution in [1.29, 1.82) is 0 Å². The van der Waals surface area contributed by atoms with E-state index in [1.807, 2.05) is 0 Å². The Bertz CT molecular complexity index is 379. The van der Waals surface area contributed by atoms with Crippen LogP contribution in [0.1, 0.15) is 34.1 Å². The zero-order valence-corrected chi connectivity index (χ0v) is 12.3. The number of hydrogen-bond donors (Lipinski definition) is 1. The van der Waals surface area contributed by atoms with Crippen LogP contribution in [0.2, 0.25) is 0 Å². The Balaban J connectivity index is 4.98. The number of hydrogen-bond acceptors (Lipinski definition) is 3. The number of ether oxygens (including phenoxy) is 1. The zero-order valence-electron chi connectivity index (χ0n) is 12.3. The first-order valence-electron chi connectivity index (χ1n) is 6.07. The molecule has 0 aromatic heterocycles. The van der Waals surface area contributed by atoms with Crippen LogP contribution in [0.4, 0.5) is 4.79 Å². The van der Waals surface area contributed by atoms with Crippen molar-refractivity contribution in [2.24, 2.45) is 0 Å². The van der Waals surface area contributed by atoms with Crippen molar-refractivity contribution in [3.63, 3.8) is 0 Å². The summed E-state index contributed by atoms with van der Waals surface area (Å²) in [6, 6.07) is -0.386. The minimum absolute atomic E-state index is 0.183. The van der Waals surface area contributed by atoms with Crippen molar-refractivity contribution in [3.8, 4) is 0 Å². The third-order valence-electron chi connectivity index (χ3n) is 2.37. The molecule has 5 heteroatoms. The summed E-state index contributed by atoms with van der Waals surface area (Å²) in [6.07, 6.45) is 3.12. The molecule has 5 nitrogen and oxygen atoms in total. The minimum Gasteiger partial charge on any atom is -0.478 e. The molecule has 0 rings (SSSR count). The smallest absolute Gasteiger partial charge is 0.410 e. The number of aliphatic carboxylic acids is 1. The Morgan fingerprint density at radius 2 is 1.95 bits per heavy atom. The van der Waals surface area contributed by atoms with E-state index in [1.54, 1.807) is 33.9 Å². The van der Waals surface area contributed by atoms with E-state index in [1.165, 1.54) is 17.9 Å². The van der Waals surface area contributed by atoms with Gasteiger partial charge in [-0.05, 0) is 34.1 Å². The SMILES string of the molecule is C=CCC(/C=C(\C)C(=O)O)N(C)C(=O)OC(C)(C)C. The van der Waals surface area contributed by atoms with E-state index in [-0.39, 0.29) is 11.6 Å². The highest BCUT2D eigenvalue weighted by atomic mass is 16.6. The molecule has 108 valence electrons. The second kappa shape index (κ2) is 6.97. The number of carbonyl (C=O) groups excluding carboxylic acids is 1. The Morgan fingerprint density at radius 3 is 2.32 bits per heavy atom. The quantitative estimate of drug-likeness (QED) is 0.615. The van der Waals surface area contributed by atoms with Gasteiger partial charge in [0.05, 0.1) is 6.04 Å². The van der Waals surface area contributed by atoms with Crippen LogP contribution in [0.3, 0.4) is 0 Å². The zero-order chi connectivity index (χ0) is 15.2. The number of carbonyl (C=O) groups is 2. The first-order valence-corrected chi connectivity index (χ1v) is 6.07. The van der Waals surface area contributed by atoms with Crippen LogP contribution in [-0.4, -0.2) is 40.8 Å². The van der Waals surface area contributed by atoms with Gasteiger partial charge in [0, 0.05) is 12.6 Å². The van der Waals surface area contributed by atoms with E-state index in [0.29, 0.717) is 6.42 Å². The second-order valence-corrected chi connectivity index (χ2v) is 5.34. The van der Waals surface area contributed by atoms with Gasteiger partial charge in [-0.3, -0.25) is 0 Å². The highest BCUT2D eigenvalue weighted by Gasteiger charge is 2.24. The normalized spacial score (nSPS) is 13.6. The second-order valence-electron chi connectivity index (χ2n) is 5.34. The van der Waals surface area contributed by atoms with E-state index in [4.69, 9.17) is 9.84 Å². The van der Waals surface area contributed by atoms with Crippen LogP contribution in [0.5, 0.6) is 0 Å². The highest BCUT2D eigenvalue weighted by molar-refractivity contribution is 5.86. The predicted molar refractivity (Wildman–Crippen MR) is 74.0 cm³/mol. The number of rotatable bonds is 5. The lowest BCUT2D eigenvalue weighted by Crippen LogP contribution is -2.40. The molecule has 0 aromatic rings. The molecule has 0 aromatic carbocycles. The van der Waals surface area contributed by atoms with Crippen LogP contribution in [0, 0.1) is 0 Å². The molecule has 0 aliphatic carbocycles. The van der Waals surface area contributed by atoms with Gasteiger partial charge in [-0.25, -0.2) is 9.59 Å². The van der Waals surface area contributed by atoms with E-state index in [9.17, 15) is 9.59 Å². The first kappa shape index (κ1) is 17.2. The molecule has 0 saturated heterocycles. The van der Waals surface area contributed by atoms with Crippen molar-refractivity contribution >= 4 is 12.1 Å². The molecule has 0 spiro atoms. The van der Waals surface area contributed by atoms with Gasteiger partial charge in [0.15, 0.2) is 0 Å². The molecule has 0 aliphatic heterocycles. The molecule has 0 bridgehead atoms. The van der Waals surface area contributed by atoms with Crippen molar-refractivity contribution in [2.45, 2.75) is 45.8 Å². The summed E-state index contributed by atoms with van der Waals surface area (Å²) in [7, 11) is 1.58. The lowest BCUT2D eigenvalue weighted by molar-refractivity contribution is -0.132. The number of amides is 1. The van der Waals surface area contributed by atoms with Gasteiger partial charge in [0.1, 0.15) is 5.60 Å². The molecule has 0 saturated carbocycles. The van der Waals surface area contributed by atoms with Crippen molar-refractivity contribution < 1.29 is 19.4 Å². The van der Waals surface area contributed by atoms with Crippen molar-refractivity contribution in [1.82, 2.24) is 4.90 Å². The summed E-state index contributed by atoms with van der Waals surface area (Å²) in [5, 5.41) is 8.88. The third-order valence-corrected chi connectivity index (χ3v) is 2.37. The number of likely N-dealkylation sites (N-methyl/N-ethyl adjacent to an activating group) is 1. The maximum absolute atomic E-state index is 11.9. The summed E-state index contributed by atoms with van der Waals surface area (Å²) in [5.41, 5.74) is -0.405. The fraction of sp³-hybridized carbons (Fsp3) is 0.571. The average Bonchev–Trinajstić information content (AvgIpc) is 2.24. The fourth-order valence-corrected chi connectivity index (χ4v) is 1.34. The Morgan fingerprint density at radius 1 is 1.42 bits per heavy atom. The maximum atomic E-state index is 11.9. The van der Waals surface area contributed by atoms with Crippen molar-refractivity contribution in [2.75, 3.05) is 7.05 Å². The molecule has 1 atom stereocenters. The lowest BCUT2D eigenvalue weighted by atomic mass is 10.1. The average molecular weight is 269 g/mol. The Hall–Kier alpha value is -1.78. The lowest BCUT2D eigenvalue weighted by Gasteiger charge is -2.29. The minimum atomic E-state index is -1.01. The van der Waals surface area contributed by atoms with Crippen LogP contribution in [-0.2, 0) is 9.53 Å². The van der Waals surface area contributed by atoms with E-state index in [0.717, 1.165) is 0 Å². The van der Waals surface area contributed by atoms with E-state index in [2.05, 4.69) is 6.58 Å². The van der Waals surface area contributed by atoms with Gasteiger partial charge in [-0.1, -0.05) is 12.2 Å². The standard InChI is InChI=1S/C14H23NO4/c1-7-8-11(9-10(2)12(16)17)15(6)13(18)19-14(3,4)5/h7,9,11H,1,8H2,2-6H3,(H,16,17)/b10-9+. The monoisotopic (exact) mass is 269 g/mol. The third kappa shape index (κ3) is 6.64. The summed E-state index contributed by atoms with van der Waals surface area (Å²) in [6.45, 7) is 10.4. The van der Waals surface area contributed by atoms with Crippen LogP contribution in [0.15, 0.2) is 24.3 Å². The largest absolute Gasteiger partial charge is 0.478 e. The van der Waals surface area contributed by atoms with Crippen LogP contribution >= 0.6 is 0 Å². The summed E-state index contributed by atoms with van der Waals surface area (Å²) in [5.74, 6) is -1.01. The Labute approximate surface area is 114 Å². The molecule has 1 amide bonds. The molecular formula is C14H23NO4. The maximum Gasteiger partial charge on any atom is 0.410 e. The molecule has 1 unspecified atom stereocenters. The molecule has 0 heterocycles. The summed E-state index contributed by atoms with van der Waals surface area (Å²) < 4.78 is 5.24. The van der Waals surface area contributed by atoms with Gasteiger partial charge in [-0.2, -0.15) is 0 Å². The van der Waals surface area contributed by atoms with Gasteiger partial charge in [0.25, 0.3) is 0 Å². The summed E-state index contributed by atoms with van der Waals surface area (Å²) in [4.78, 5) is 24.1. The number of nitrogens with zero attached hydrogens (tertiary/aromatic N) is 1. The molecule has 0 fully saturated rings. The Kier molecular flexibility index (Phi) is 6.32. The highest BCUT2D eigenvalue weighted by Crippen LogP contribution is 2.14. The fourth-order valence-electron chi connectivity index (χ4n) is 1.34. The molecule has 0 aliphatic rings. The molecule has 19 heavy (non-hydrogen) atoms. The number of carboxylic acids is 1. The van der Waals surface area contributed by atoms with E-state index >= 15 is 0 Å². The first-order chi connectivity index (χ1) is 8.58. The number of carboxylic acid groups (broad SMARTS) is 1. The van der Waals surface area contributed by atoms with Crippen LogP contribution in [0.25, 0.3) is 0 Å². The topological polar surface area (TPSA) is 66.8 Å². The molecular weight excluding hydrogens is 246 g/mol. The van der Waals surface area contributed by atoms with Gasteiger partial charge < -0.3 is 14.7 Å². The predicted octanol–water partition coefficient (Wildman–Crippen LogP) is 2.83. The van der Waals surface area contributed by atoms with Gasteiger partial charge in [-0.15, -0.1) is 6.58 Å². The molecule has 1 N–H and O–H groups in total. The van der Waals surface area contributed by atoms with E-state index < -0.39 is 17.7 Å². The van der Waals surface area contributed by atoms with Gasteiger partial charge in [0.2, 0.25) is 0 Å². The van der Waals surface area contributed by atoms with Crippen molar-refractivity contribution in [3.05, 3.63) is 24.3 Å². The summed E-state index contributed by atoms with van der Waals surface area (Å²) >= 11 is 0.